The van der Waals surface area contributed by atoms with E-state index in [1.54, 1.807) is 25.1 Å². The third-order valence-electron chi connectivity index (χ3n) is 2.34. The highest BCUT2D eigenvalue weighted by atomic mass is 127. The highest BCUT2D eigenvalue weighted by molar-refractivity contribution is 14.1. The smallest absolute Gasteiger partial charge is 0.303 e. The van der Waals surface area contributed by atoms with Gasteiger partial charge in [-0.2, -0.15) is 0 Å². The van der Waals surface area contributed by atoms with Gasteiger partial charge in [0, 0.05) is 21.1 Å². The van der Waals surface area contributed by atoms with Crippen molar-refractivity contribution in [2.45, 2.75) is 25.8 Å². The van der Waals surface area contributed by atoms with Crippen molar-refractivity contribution in [3.8, 4) is 0 Å². The lowest BCUT2D eigenvalue weighted by atomic mass is 10.1. The molecule has 0 spiro atoms. The molecule has 0 radical (unpaired) electrons. The van der Waals surface area contributed by atoms with Gasteiger partial charge in [0.15, 0.2) is 0 Å². The molecule has 0 aromatic heterocycles. The second-order valence-corrected chi connectivity index (χ2v) is 5.53. The summed E-state index contributed by atoms with van der Waals surface area (Å²) in [4.78, 5) is 22.4. The summed E-state index contributed by atoms with van der Waals surface area (Å²) in [5.41, 5.74) is 0.505. The molecule has 0 fully saturated rings. The summed E-state index contributed by atoms with van der Waals surface area (Å²) in [5, 5.41) is 11.8. The summed E-state index contributed by atoms with van der Waals surface area (Å²) < 4.78 is 0.805. The van der Waals surface area contributed by atoms with Crippen molar-refractivity contribution >= 4 is 46.1 Å². The zero-order valence-electron chi connectivity index (χ0n) is 9.74. The van der Waals surface area contributed by atoms with Gasteiger partial charge in [0.1, 0.15) is 0 Å². The van der Waals surface area contributed by atoms with Crippen molar-refractivity contribution in [2.75, 3.05) is 0 Å². The molecular weight excluding hydrogens is 368 g/mol. The molecule has 0 aliphatic heterocycles. The first kappa shape index (κ1) is 15.2. The molecule has 1 amide bonds. The highest BCUT2D eigenvalue weighted by Crippen LogP contribution is 2.18. The zero-order chi connectivity index (χ0) is 13.7. The van der Waals surface area contributed by atoms with Crippen LogP contribution < -0.4 is 5.32 Å². The topological polar surface area (TPSA) is 66.4 Å². The molecule has 0 heterocycles. The summed E-state index contributed by atoms with van der Waals surface area (Å²) in [5.74, 6) is -1.10. The number of amides is 1. The lowest BCUT2D eigenvalue weighted by Crippen LogP contribution is -2.33. The lowest BCUT2D eigenvalue weighted by molar-refractivity contribution is -0.137. The Hall–Kier alpha value is -0.820. The minimum absolute atomic E-state index is 0.0358. The van der Waals surface area contributed by atoms with Crippen LogP contribution in [0.25, 0.3) is 0 Å². The fourth-order valence-corrected chi connectivity index (χ4v) is 2.14. The van der Waals surface area contributed by atoms with Gasteiger partial charge < -0.3 is 10.4 Å². The maximum absolute atomic E-state index is 12.0. The molecule has 2 N–H and O–H groups in total. The Morgan fingerprint density at radius 3 is 2.78 bits per heavy atom. The Labute approximate surface area is 124 Å². The van der Waals surface area contributed by atoms with E-state index < -0.39 is 5.97 Å². The first-order valence-electron chi connectivity index (χ1n) is 5.38. The van der Waals surface area contributed by atoms with Crippen molar-refractivity contribution < 1.29 is 14.7 Å². The van der Waals surface area contributed by atoms with E-state index in [0.717, 1.165) is 3.57 Å². The number of hydrogen-bond acceptors (Lipinski definition) is 2. The van der Waals surface area contributed by atoms with Gasteiger partial charge in [0.2, 0.25) is 0 Å². The molecule has 1 atom stereocenters. The molecule has 1 unspecified atom stereocenters. The second-order valence-electron chi connectivity index (χ2n) is 3.93. The van der Waals surface area contributed by atoms with E-state index in [1.165, 1.54) is 0 Å². The van der Waals surface area contributed by atoms with E-state index in [1.807, 2.05) is 0 Å². The molecule has 0 bridgehead atoms. The largest absolute Gasteiger partial charge is 0.481 e. The molecule has 0 saturated carbocycles. The Balaban J connectivity index is 2.64. The van der Waals surface area contributed by atoms with E-state index in [4.69, 9.17) is 16.7 Å². The van der Waals surface area contributed by atoms with Crippen molar-refractivity contribution in [1.29, 1.82) is 0 Å². The van der Waals surface area contributed by atoms with Crippen molar-refractivity contribution in [1.82, 2.24) is 5.32 Å². The van der Waals surface area contributed by atoms with Gasteiger partial charge in [-0.15, -0.1) is 0 Å². The number of rotatable bonds is 5. The number of halogens is 2. The summed E-state index contributed by atoms with van der Waals surface area (Å²) in [6.45, 7) is 1.78. The van der Waals surface area contributed by atoms with Crippen LogP contribution in [0.1, 0.15) is 30.1 Å². The Morgan fingerprint density at radius 1 is 1.50 bits per heavy atom. The van der Waals surface area contributed by atoms with Gasteiger partial charge in [0.25, 0.3) is 5.91 Å². The first-order chi connectivity index (χ1) is 8.40. The van der Waals surface area contributed by atoms with Gasteiger partial charge in [-0.25, -0.2) is 0 Å². The molecule has 1 rings (SSSR count). The number of carbonyl (C=O) groups excluding carboxylic acids is 1. The fourth-order valence-electron chi connectivity index (χ4n) is 1.39. The molecule has 98 valence electrons. The summed E-state index contributed by atoms with van der Waals surface area (Å²) in [6.07, 6.45) is 0.437. The molecule has 1 aromatic rings. The molecule has 18 heavy (non-hydrogen) atoms. The normalized spacial score (nSPS) is 11.9. The van der Waals surface area contributed by atoms with Crippen LogP contribution in [0.4, 0.5) is 0 Å². The van der Waals surface area contributed by atoms with Gasteiger partial charge in [-0.1, -0.05) is 11.6 Å². The number of hydrogen-bond donors (Lipinski definition) is 2. The summed E-state index contributed by atoms with van der Waals surface area (Å²) in [7, 11) is 0. The number of aliphatic carboxylic acids is 1. The molecular formula is C12H13ClINO3. The van der Waals surface area contributed by atoms with Crippen LogP contribution in [-0.2, 0) is 4.79 Å². The number of benzene rings is 1. The maximum Gasteiger partial charge on any atom is 0.303 e. The first-order valence-corrected chi connectivity index (χ1v) is 6.83. The fraction of sp³-hybridized carbons (Fsp3) is 0.333. The van der Waals surface area contributed by atoms with Crippen LogP contribution in [0, 0.1) is 3.57 Å². The van der Waals surface area contributed by atoms with E-state index >= 15 is 0 Å². The van der Waals surface area contributed by atoms with Crippen LogP contribution in [-0.4, -0.2) is 23.0 Å². The SMILES string of the molecule is CC(CCC(=O)O)NC(=O)c1cc(Cl)ccc1I. The third-order valence-corrected chi connectivity index (χ3v) is 3.52. The highest BCUT2D eigenvalue weighted by Gasteiger charge is 2.14. The van der Waals surface area contributed by atoms with Crippen LogP contribution >= 0.6 is 34.2 Å². The summed E-state index contributed by atoms with van der Waals surface area (Å²) in [6, 6.07) is 4.89. The van der Waals surface area contributed by atoms with E-state index in [9.17, 15) is 9.59 Å². The van der Waals surface area contributed by atoms with E-state index in [-0.39, 0.29) is 18.4 Å². The minimum Gasteiger partial charge on any atom is -0.481 e. The van der Waals surface area contributed by atoms with Gasteiger partial charge in [0.05, 0.1) is 5.56 Å². The average molecular weight is 382 g/mol. The maximum atomic E-state index is 12.0. The minimum atomic E-state index is -0.867. The summed E-state index contributed by atoms with van der Waals surface area (Å²) >= 11 is 7.90. The van der Waals surface area contributed by atoms with Crippen molar-refractivity contribution in [3.63, 3.8) is 0 Å². The number of carbonyl (C=O) groups is 2. The molecule has 0 saturated heterocycles. The Morgan fingerprint density at radius 2 is 2.17 bits per heavy atom. The molecule has 4 nitrogen and oxygen atoms in total. The van der Waals surface area contributed by atoms with Gasteiger partial charge >= 0.3 is 5.97 Å². The molecule has 6 heteroatoms. The molecule has 0 aliphatic rings. The monoisotopic (exact) mass is 381 g/mol. The van der Waals surface area contributed by atoms with Crippen LogP contribution in [0.2, 0.25) is 5.02 Å². The van der Waals surface area contributed by atoms with Crippen molar-refractivity contribution in [2.24, 2.45) is 0 Å². The quantitative estimate of drug-likeness (QED) is 0.771. The van der Waals surface area contributed by atoms with Gasteiger partial charge in [-0.3, -0.25) is 9.59 Å². The third kappa shape index (κ3) is 4.81. The zero-order valence-corrected chi connectivity index (χ0v) is 12.7. The van der Waals surface area contributed by atoms with E-state index in [2.05, 4.69) is 27.9 Å². The predicted octanol–water partition coefficient (Wildman–Crippen LogP) is 2.93. The molecule has 1 aromatic carbocycles. The van der Waals surface area contributed by atoms with Crippen LogP contribution in [0.5, 0.6) is 0 Å². The predicted molar refractivity (Wildman–Crippen MR) is 78.0 cm³/mol. The average Bonchev–Trinajstić information content (AvgIpc) is 2.29. The van der Waals surface area contributed by atoms with Crippen LogP contribution in [0.3, 0.4) is 0 Å². The van der Waals surface area contributed by atoms with Crippen molar-refractivity contribution in [3.05, 3.63) is 32.4 Å². The number of carboxylic acids is 1. The molecule has 0 aliphatic carbocycles. The Bertz CT molecular complexity index is 465. The number of carboxylic acid groups (broad SMARTS) is 1. The number of nitrogens with one attached hydrogen (secondary N) is 1. The second kappa shape index (κ2) is 6.94. The van der Waals surface area contributed by atoms with Gasteiger partial charge in [-0.05, 0) is 54.1 Å². The Kier molecular flexibility index (Phi) is 5.87. The standard InChI is InChI=1S/C12H13ClINO3/c1-7(2-5-11(16)17)15-12(18)9-6-8(13)3-4-10(9)14/h3-4,6-7H,2,5H2,1H3,(H,15,18)(H,16,17). The lowest BCUT2D eigenvalue weighted by Gasteiger charge is -2.13. The van der Waals surface area contributed by atoms with E-state index in [0.29, 0.717) is 17.0 Å². The van der Waals surface area contributed by atoms with Crippen LogP contribution in [0.15, 0.2) is 18.2 Å².